The molecule has 0 aliphatic rings. The van der Waals surface area contributed by atoms with Gasteiger partial charge in [0.15, 0.2) is 12.2 Å². The van der Waals surface area contributed by atoms with Gasteiger partial charge in [0.25, 0.3) is 0 Å². The second kappa shape index (κ2) is 63.5. The SMILES string of the molecule is CCC(C)CCCCCCCCC(=O)O[C@H](COC(=O)CCCCCCCCCCCCCCCCCC(C)C)COP(=O)(O)OCC(O)COP(=O)(O)OC[C@@H](COC(=O)CCCCCCCCCC(C)C)OC(=O)CCCCCCCCCCCCCCC(C)C. The van der Waals surface area contributed by atoms with Crippen LogP contribution in [0.15, 0.2) is 0 Å². The topological polar surface area (TPSA) is 237 Å². The summed E-state index contributed by atoms with van der Waals surface area (Å²) in [6.07, 6.45) is 47.4. The standard InChI is InChI=1S/C74H144O17P2/c1-9-67(8)53-45-37-32-33-41-49-57-74(79)91-70(61-84-71(76)54-46-38-29-23-19-14-12-10-11-13-17-21-26-34-42-50-64(2)3)63-89-93(82,83)87-59-68(75)58-86-92(80,81)88-62-69(60-85-72(77)55-47-39-31-25-28-36-44-52-66(6)7)90-73(78)56-48-40-30-24-20-16-15-18-22-27-35-43-51-65(4)5/h64-70,75H,9-63H2,1-8H3,(H,80,81)(H,82,83)/t67?,68?,69-,70-/m1/s1. The molecule has 3 N–H and O–H groups in total. The molecule has 0 rings (SSSR count). The van der Waals surface area contributed by atoms with E-state index in [2.05, 4.69) is 55.4 Å². The van der Waals surface area contributed by atoms with Crippen LogP contribution in [-0.2, 0) is 65.4 Å². The zero-order valence-electron chi connectivity index (χ0n) is 60.9. The maximum atomic E-state index is 13.0. The molecule has 0 spiro atoms. The minimum Gasteiger partial charge on any atom is -0.462 e. The summed E-state index contributed by atoms with van der Waals surface area (Å²) in [5, 5.41) is 10.6. The van der Waals surface area contributed by atoms with Crippen molar-refractivity contribution in [2.75, 3.05) is 39.6 Å². The van der Waals surface area contributed by atoms with Gasteiger partial charge in [0, 0.05) is 25.7 Å². The Kier molecular flexibility index (Phi) is 62.2. The van der Waals surface area contributed by atoms with Crippen LogP contribution in [0.25, 0.3) is 0 Å². The predicted molar refractivity (Wildman–Crippen MR) is 377 cm³/mol. The largest absolute Gasteiger partial charge is 0.472 e. The van der Waals surface area contributed by atoms with Crippen molar-refractivity contribution in [3.63, 3.8) is 0 Å². The monoisotopic (exact) mass is 1370 g/mol. The number of unbranched alkanes of at least 4 members (excludes halogenated alkanes) is 36. The predicted octanol–water partition coefficient (Wildman–Crippen LogP) is 21.3. The first-order chi connectivity index (χ1) is 44.6. The number of hydrogen-bond donors (Lipinski definition) is 3. The molecule has 0 aromatic carbocycles. The first-order valence-corrected chi connectivity index (χ1v) is 41.2. The molecule has 6 atom stereocenters. The van der Waals surface area contributed by atoms with E-state index < -0.39 is 97.5 Å². The zero-order valence-corrected chi connectivity index (χ0v) is 62.7. The van der Waals surface area contributed by atoms with Crippen molar-refractivity contribution in [1.29, 1.82) is 0 Å². The number of phosphoric ester groups is 2. The van der Waals surface area contributed by atoms with Crippen LogP contribution in [0, 0.1) is 23.7 Å². The third kappa shape index (κ3) is 67.0. The van der Waals surface area contributed by atoms with E-state index in [0.29, 0.717) is 31.6 Å². The van der Waals surface area contributed by atoms with Gasteiger partial charge in [0.05, 0.1) is 26.4 Å². The lowest BCUT2D eigenvalue weighted by Gasteiger charge is -2.21. The number of rotatable bonds is 71. The number of hydrogen-bond acceptors (Lipinski definition) is 15. The van der Waals surface area contributed by atoms with E-state index in [1.165, 1.54) is 167 Å². The van der Waals surface area contributed by atoms with Gasteiger partial charge < -0.3 is 33.8 Å². The van der Waals surface area contributed by atoms with Gasteiger partial charge in [-0.2, -0.15) is 0 Å². The summed E-state index contributed by atoms with van der Waals surface area (Å²) in [5.74, 6) is 0.881. The highest BCUT2D eigenvalue weighted by molar-refractivity contribution is 7.47. The van der Waals surface area contributed by atoms with Crippen molar-refractivity contribution in [3.05, 3.63) is 0 Å². The van der Waals surface area contributed by atoms with Crippen LogP contribution in [0.5, 0.6) is 0 Å². The first kappa shape index (κ1) is 91.1. The van der Waals surface area contributed by atoms with E-state index in [1.807, 2.05) is 0 Å². The molecule has 0 saturated heterocycles. The van der Waals surface area contributed by atoms with Crippen molar-refractivity contribution in [3.8, 4) is 0 Å². The Bertz CT molecular complexity index is 1840. The maximum Gasteiger partial charge on any atom is 0.472 e. The second-order valence-electron chi connectivity index (χ2n) is 28.4. The van der Waals surface area contributed by atoms with Crippen LogP contribution in [-0.4, -0.2) is 96.7 Å². The molecule has 0 saturated carbocycles. The van der Waals surface area contributed by atoms with Gasteiger partial charge in [-0.25, -0.2) is 9.13 Å². The highest BCUT2D eigenvalue weighted by Gasteiger charge is 2.30. The molecule has 0 aromatic rings. The van der Waals surface area contributed by atoms with Crippen molar-refractivity contribution >= 4 is 39.5 Å². The van der Waals surface area contributed by atoms with E-state index in [9.17, 15) is 43.2 Å². The fourth-order valence-corrected chi connectivity index (χ4v) is 12.7. The molecule has 93 heavy (non-hydrogen) atoms. The summed E-state index contributed by atoms with van der Waals surface area (Å²) >= 11 is 0. The summed E-state index contributed by atoms with van der Waals surface area (Å²) < 4.78 is 68.4. The van der Waals surface area contributed by atoms with Crippen molar-refractivity contribution in [1.82, 2.24) is 0 Å². The Hall–Kier alpha value is -1.94. The Morgan fingerprint density at radius 3 is 0.763 bits per heavy atom. The molecule has 19 heteroatoms. The van der Waals surface area contributed by atoms with E-state index in [0.717, 1.165) is 114 Å². The second-order valence-corrected chi connectivity index (χ2v) is 31.3. The maximum absolute atomic E-state index is 13.0. The van der Waals surface area contributed by atoms with Gasteiger partial charge in [-0.1, -0.05) is 319 Å². The smallest absolute Gasteiger partial charge is 0.462 e. The van der Waals surface area contributed by atoms with Gasteiger partial charge in [-0.15, -0.1) is 0 Å². The Morgan fingerprint density at radius 1 is 0.301 bits per heavy atom. The van der Waals surface area contributed by atoms with Gasteiger partial charge in [0.1, 0.15) is 19.3 Å². The number of carbonyl (C=O) groups excluding carboxylic acids is 4. The number of aliphatic hydroxyl groups excluding tert-OH is 1. The summed E-state index contributed by atoms with van der Waals surface area (Å²) in [6, 6.07) is 0. The fraction of sp³-hybridized carbons (Fsp3) is 0.946. The number of carbonyl (C=O) groups is 4. The first-order valence-electron chi connectivity index (χ1n) is 38.2. The quantitative estimate of drug-likeness (QED) is 0.0222. The molecule has 0 bridgehead atoms. The molecule has 0 aromatic heterocycles. The summed E-state index contributed by atoms with van der Waals surface area (Å²) in [7, 11) is -9.91. The normalized spacial score (nSPS) is 14.5. The third-order valence-electron chi connectivity index (χ3n) is 17.4. The Morgan fingerprint density at radius 2 is 0.516 bits per heavy atom. The van der Waals surface area contributed by atoms with E-state index >= 15 is 0 Å². The van der Waals surface area contributed by atoms with Gasteiger partial charge >= 0.3 is 39.5 Å². The summed E-state index contributed by atoms with van der Waals surface area (Å²) in [5.41, 5.74) is 0. The lowest BCUT2D eigenvalue weighted by atomic mass is 10.00. The van der Waals surface area contributed by atoms with Crippen molar-refractivity contribution < 1.29 is 80.2 Å². The molecular formula is C74H144O17P2. The minimum atomic E-state index is -4.95. The summed E-state index contributed by atoms with van der Waals surface area (Å²) in [4.78, 5) is 72.7. The van der Waals surface area contributed by atoms with Crippen LogP contribution in [0.3, 0.4) is 0 Å². The van der Waals surface area contributed by atoms with Crippen molar-refractivity contribution in [2.45, 2.75) is 388 Å². The van der Waals surface area contributed by atoms with E-state index in [1.54, 1.807) is 0 Å². The molecule has 0 aliphatic heterocycles. The Balaban J connectivity index is 5.20. The van der Waals surface area contributed by atoms with Crippen LogP contribution in [0.2, 0.25) is 0 Å². The van der Waals surface area contributed by atoms with Crippen LogP contribution >= 0.6 is 15.6 Å². The molecule has 17 nitrogen and oxygen atoms in total. The van der Waals surface area contributed by atoms with Crippen molar-refractivity contribution in [2.24, 2.45) is 23.7 Å². The minimum absolute atomic E-state index is 0.103. The number of aliphatic hydroxyl groups is 1. The van der Waals surface area contributed by atoms with Gasteiger partial charge in [-0.3, -0.25) is 37.3 Å². The molecule has 0 radical (unpaired) electrons. The molecule has 0 amide bonds. The summed E-state index contributed by atoms with van der Waals surface area (Å²) in [6.45, 7) is 14.1. The number of phosphoric acid groups is 2. The highest BCUT2D eigenvalue weighted by Crippen LogP contribution is 2.45. The van der Waals surface area contributed by atoms with E-state index in [4.69, 9.17) is 37.0 Å². The fourth-order valence-electron chi connectivity index (χ4n) is 11.2. The average Bonchev–Trinajstić information content (AvgIpc) is 1.68. The average molecular weight is 1370 g/mol. The lowest BCUT2D eigenvalue weighted by molar-refractivity contribution is -0.161. The molecule has 0 aliphatic carbocycles. The Labute approximate surface area is 568 Å². The highest BCUT2D eigenvalue weighted by atomic mass is 31.2. The van der Waals surface area contributed by atoms with Gasteiger partial charge in [0.2, 0.25) is 0 Å². The molecule has 4 unspecified atom stereocenters. The number of ether oxygens (including phenoxy) is 4. The van der Waals surface area contributed by atoms with Crippen LogP contribution in [0.1, 0.15) is 370 Å². The molecule has 552 valence electrons. The molecule has 0 heterocycles. The molecule has 0 fully saturated rings. The van der Waals surface area contributed by atoms with Gasteiger partial charge in [-0.05, 0) is 49.4 Å². The van der Waals surface area contributed by atoms with E-state index in [-0.39, 0.29) is 25.7 Å². The third-order valence-corrected chi connectivity index (χ3v) is 19.3. The van der Waals surface area contributed by atoms with Crippen LogP contribution in [0.4, 0.5) is 0 Å². The number of esters is 4. The zero-order chi connectivity index (χ0) is 68.9. The lowest BCUT2D eigenvalue weighted by Crippen LogP contribution is -2.30. The molecular weight excluding hydrogens is 1220 g/mol. The van der Waals surface area contributed by atoms with Crippen LogP contribution < -0.4 is 0 Å².